The Morgan fingerprint density at radius 1 is 1.22 bits per heavy atom. The highest BCUT2D eigenvalue weighted by molar-refractivity contribution is 7.99. The van der Waals surface area contributed by atoms with Gasteiger partial charge in [0, 0.05) is 43.2 Å². The third-order valence-corrected chi connectivity index (χ3v) is 6.40. The fourth-order valence-corrected chi connectivity index (χ4v) is 4.69. The Bertz CT molecular complexity index is 576. The maximum Gasteiger partial charge on any atom is 0.224 e. The highest BCUT2D eigenvalue weighted by Gasteiger charge is 2.16. The van der Waals surface area contributed by atoms with Crippen molar-refractivity contribution in [3.63, 3.8) is 0 Å². The van der Waals surface area contributed by atoms with Gasteiger partial charge in [0.25, 0.3) is 0 Å². The van der Waals surface area contributed by atoms with Crippen molar-refractivity contribution in [3.8, 4) is 0 Å². The molecular formula is C20H33Cl2N3OS. The van der Waals surface area contributed by atoms with Crippen molar-refractivity contribution >= 4 is 48.2 Å². The molecule has 2 heterocycles. The maximum absolute atomic E-state index is 12.4. The van der Waals surface area contributed by atoms with Crippen LogP contribution in [0.25, 0.3) is 0 Å². The van der Waals surface area contributed by atoms with E-state index in [9.17, 15) is 4.79 Å². The molecule has 2 aliphatic rings. The van der Waals surface area contributed by atoms with Crippen LogP contribution >= 0.6 is 36.6 Å². The monoisotopic (exact) mass is 433 g/mol. The first-order valence-electron chi connectivity index (χ1n) is 9.61. The van der Waals surface area contributed by atoms with Crippen molar-refractivity contribution in [1.82, 2.24) is 10.2 Å². The van der Waals surface area contributed by atoms with Crippen LogP contribution in [-0.4, -0.2) is 48.5 Å². The summed E-state index contributed by atoms with van der Waals surface area (Å²) < 4.78 is 0. The van der Waals surface area contributed by atoms with Crippen molar-refractivity contribution < 1.29 is 4.79 Å². The van der Waals surface area contributed by atoms with Gasteiger partial charge in [-0.3, -0.25) is 9.69 Å². The second-order valence-corrected chi connectivity index (χ2v) is 8.48. The first kappa shape index (κ1) is 24.6. The van der Waals surface area contributed by atoms with E-state index in [1.54, 1.807) is 0 Å². The summed E-state index contributed by atoms with van der Waals surface area (Å²) in [6, 6.07) is 6.30. The van der Waals surface area contributed by atoms with E-state index in [0.29, 0.717) is 12.3 Å². The predicted molar refractivity (Wildman–Crippen MR) is 122 cm³/mol. The summed E-state index contributed by atoms with van der Waals surface area (Å²) in [5, 5.41) is 6.53. The third-order valence-electron chi connectivity index (χ3n) is 5.46. The van der Waals surface area contributed by atoms with E-state index in [0.717, 1.165) is 44.8 Å². The number of halogens is 2. The molecule has 0 bridgehead atoms. The molecule has 154 valence electrons. The summed E-state index contributed by atoms with van der Waals surface area (Å²) in [5.74, 6) is 3.32. The molecule has 2 aliphatic heterocycles. The first-order valence-corrected chi connectivity index (χ1v) is 10.8. The van der Waals surface area contributed by atoms with Gasteiger partial charge in [0.15, 0.2) is 0 Å². The van der Waals surface area contributed by atoms with Gasteiger partial charge in [0.05, 0.1) is 0 Å². The topological polar surface area (TPSA) is 44.4 Å². The normalized spacial score (nSPS) is 18.3. The number of nitrogens with one attached hydrogen (secondary N) is 2. The lowest BCUT2D eigenvalue weighted by molar-refractivity contribution is -0.116. The van der Waals surface area contributed by atoms with Crippen LogP contribution in [0, 0.1) is 12.8 Å². The standard InChI is InChI=1S/C20H31N3OS.2ClH/c1-16-18(15-23-11-13-25-14-12-23)3-2-4-19(16)22-20(24)6-5-17-7-9-21-10-8-17;;/h2-4,17,21H,5-15H2,1H3,(H,22,24);2*1H. The molecule has 0 atom stereocenters. The molecule has 0 spiro atoms. The molecule has 1 aromatic rings. The minimum absolute atomic E-state index is 0. The Labute approximate surface area is 180 Å². The Morgan fingerprint density at radius 2 is 1.93 bits per heavy atom. The Kier molecular flexibility index (Phi) is 11.7. The average Bonchev–Trinajstić information content (AvgIpc) is 2.65. The number of benzene rings is 1. The smallest absolute Gasteiger partial charge is 0.224 e. The van der Waals surface area contributed by atoms with Crippen molar-refractivity contribution in [3.05, 3.63) is 29.3 Å². The number of piperidine rings is 1. The number of rotatable bonds is 6. The second kappa shape index (κ2) is 12.9. The molecule has 2 N–H and O–H groups in total. The molecule has 7 heteroatoms. The minimum Gasteiger partial charge on any atom is -0.326 e. The number of anilines is 1. The van der Waals surface area contributed by atoms with Crippen molar-refractivity contribution in [2.24, 2.45) is 5.92 Å². The Morgan fingerprint density at radius 3 is 2.63 bits per heavy atom. The van der Waals surface area contributed by atoms with Gasteiger partial charge in [-0.05, 0) is 62.4 Å². The molecule has 0 unspecified atom stereocenters. The molecule has 3 rings (SSSR count). The van der Waals surface area contributed by atoms with Crippen LogP contribution in [0.1, 0.15) is 36.8 Å². The van der Waals surface area contributed by atoms with Crippen LogP contribution < -0.4 is 10.6 Å². The number of nitrogens with zero attached hydrogens (tertiary/aromatic N) is 1. The van der Waals surface area contributed by atoms with Gasteiger partial charge in [-0.25, -0.2) is 0 Å². The van der Waals surface area contributed by atoms with Crippen LogP contribution in [0.2, 0.25) is 0 Å². The van der Waals surface area contributed by atoms with Gasteiger partial charge in [-0.2, -0.15) is 11.8 Å². The molecule has 27 heavy (non-hydrogen) atoms. The van der Waals surface area contributed by atoms with E-state index in [-0.39, 0.29) is 30.7 Å². The van der Waals surface area contributed by atoms with Gasteiger partial charge >= 0.3 is 0 Å². The third kappa shape index (κ3) is 7.82. The van der Waals surface area contributed by atoms with E-state index < -0.39 is 0 Å². The van der Waals surface area contributed by atoms with Gasteiger partial charge in [-0.1, -0.05) is 12.1 Å². The van der Waals surface area contributed by atoms with Crippen molar-refractivity contribution in [2.45, 2.75) is 39.2 Å². The van der Waals surface area contributed by atoms with E-state index >= 15 is 0 Å². The van der Waals surface area contributed by atoms with E-state index in [4.69, 9.17) is 0 Å². The van der Waals surface area contributed by atoms with Gasteiger partial charge in [0.2, 0.25) is 5.91 Å². The highest BCUT2D eigenvalue weighted by Crippen LogP contribution is 2.23. The SMILES string of the molecule is Cc1c(CN2CCSCC2)cccc1NC(=O)CCC1CCNCC1.Cl.Cl. The molecular weight excluding hydrogens is 401 g/mol. The molecule has 0 saturated carbocycles. The van der Waals surface area contributed by atoms with E-state index in [1.165, 1.54) is 35.5 Å². The summed E-state index contributed by atoms with van der Waals surface area (Å²) in [6.07, 6.45) is 4.06. The lowest BCUT2D eigenvalue weighted by Gasteiger charge is -2.27. The maximum atomic E-state index is 12.4. The zero-order valence-corrected chi connectivity index (χ0v) is 18.6. The number of carbonyl (C=O) groups excluding carboxylic acids is 1. The first-order chi connectivity index (χ1) is 12.2. The van der Waals surface area contributed by atoms with Crippen LogP contribution in [0.15, 0.2) is 18.2 Å². The summed E-state index contributed by atoms with van der Waals surface area (Å²) in [7, 11) is 0. The zero-order valence-electron chi connectivity index (χ0n) is 16.2. The predicted octanol–water partition coefficient (Wildman–Crippen LogP) is 4.11. The molecule has 1 amide bonds. The Balaban J connectivity index is 0.00000182. The number of hydrogen-bond acceptors (Lipinski definition) is 4. The molecule has 0 aromatic heterocycles. The van der Waals surface area contributed by atoms with Gasteiger partial charge in [-0.15, -0.1) is 24.8 Å². The summed E-state index contributed by atoms with van der Waals surface area (Å²) in [6.45, 7) is 7.65. The lowest BCUT2D eigenvalue weighted by atomic mass is 9.93. The molecule has 0 aliphatic carbocycles. The Hall–Kier alpha value is -0.460. The number of thioether (sulfide) groups is 1. The summed E-state index contributed by atoms with van der Waals surface area (Å²) >= 11 is 2.04. The van der Waals surface area contributed by atoms with Gasteiger partial charge in [0.1, 0.15) is 0 Å². The molecule has 0 radical (unpaired) electrons. The molecule has 2 saturated heterocycles. The zero-order chi connectivity index (χ0) is 17.5. The highest BCUT2D eigenvalue weighted by atomic mass is 35.5. The quantitative estimate of drug-likeness (QED) is 0.708. The van der Waals surface area contributed by atoms with Gasteiger partial charge < -0.3 is 10.6 Å². The van der Waals surface area contributed by atoms with Crippen molar-refractivity contribution in [1.29, 1.82) is 0 Å². The van der Waals surface area contributed by atoms with Crippen molar-refractivity contribution in [2.75, 3.05) is 43.0 Å². The van der Waals surface area contributed by atoms with Crippen LogP contribution in [0.3, 0.4) is 0 Å². The second-order valence-electron chi connectivity index (χ2n) is 7.26. The minimum atomic E-state index is 0. The molecule has 1 aromatic carbocycles. The number of hydrogen-bond donors (Lipinski definition) is 2. The largest absolute Gasteiger partial charge is 0.326 e. The fraction of sp³-hybridized carbons (Fsp3) is 0.650. The summed E-state index contributed by atoms with van der Waals surface area (Å²) in [4.78, 5) is 14.9. The van der Waals surface area contributed by atoms with Crippen LogP contribution in [0.5, 0.6) is 0 Å². The van der Waals surface area contributed by atoms with Crippen LogP contribution in [-0.2, 0) is 11.3 Å². The van der Waals surface area contributed by atoms with E-state index in [1.807, 2.05) is 17.8 Å². The van der Waals surface area contributed by atoms with E-state index in [2.05, 4.69) is 34.6 Å². The number of carbonyl (C=O) groups is 1. The summed E-state index contributed by atoms with van der Waals surface area (Å²) in [5.41, 5.74) is 3.54. The average molecular weight is 434 g/mol. The molecule has 4 nitrogen and oxygen atoms in total. The fourth-order valence-electron chi connectivity index (χ4n) is 3.71. The molecule has 2 fully saturated rings. The van der Waals surface area contributed by atoms with Crippen LogP contribution in [0.4, 0.5) is 5.69 Å². The lowest BCUT2D eigenvalue weighted by Crippen LogP contribution is -2.32. The number of amides is 1.